The molecule has 4 nitrogen and oxygen atoms in total. The highest BCUT2D eigenvalue weighted by Gasteiger charge is 2.46. The van der Waals surface area contributed by atoms with Crippen LogP contribution in [-0.2, 0) is 4.79 Å². The van der Waals surface area contributed by atoms with E-state index in [1.165, 1.54) is 6.07 Å². The maximum Gasteiger partial charge on any atom is 0.226 e. The summed E-state index contributed by atoms with van der Waals surface area (Å²) in [5.41, 5.74) is 3.13. The van der Waals surface area contributed by atoms with Gasteiger partial charge in [0.2, 0.25) is 5.91 Å². The molecule has 4 rings (SSSR count). The molecule has 1 saturated heterocycles. The lowest BCUT2D eigenvalue weighted by Crippen LogP contribution is -2.42. The number of hydrogen-bond acceptors (Lipinski definition) is 2. The van der Waals surface area contributed by atoms with Crippen LogP contribution in [0, 0.1) is 25.6 Å². The standard InChI is InChI=1S/C20H24FN3O/c1-13-9-14(2)24(22-13)17-7-4-8-23(12-17)20(25)19-11-18(19)15-5-3-6-16(21)10-15/h3,5-6,9-10,17-19H,4,7-8,11-12H2,1-2H3/t17-,18+,19-/m1/s1. The third kappa shape index (κ3) is 3.20. The molecule has 2 aliphatic rings. The normalized spacial score (nSPS) is 25.9. The van der Waals surface area contributed by atoms with E-state index in [0.29, 0.717) is 0 Å². The van der Waals surface area contributed by atoms with Crippen LogP contribution in [0.5, 0.6) is 0 Å². The molecule has 1 saturated carbocycles. The minimum Gasteiger partial charge on any atom is -0.340 e. The van der Waals surface area contributed by atoms with Gasteiger partial charge in [-0.05, 0) is 62.8 Å². The number of aromatic nitrogens is 2. The van der Waals surface area contributed by atoms with E-state index < -0.39 is 0 Å². The Morgan fingerprint density at radius 2 is 2.12 bits per heavy atom. The summed E-state index contributed by atoms with van der Waals surface area (Å²) < 4.78 is 15.5. The van der Waals surface area contributed by atoms with Crippen molar-refractivity contribution in [2.45, 2.75) is 45.1 Å². The molecule has 132 valence electrons. The average Bonchev–Trinajstić information content (AvgIpc) is 3.33. The molecule has 1 aromatic heterocycles. The van der Waals surface area contributed by atoms with Crippen molar-refractivity contribution in [3.05, 3.63) is 53.1 Å². The molecule has 2 heterocycles. The second-order valence-electron chi connectivity index (χ2n) is 7.46. The minimum absolute atomic E-state index is 0.0148. The summed E-state index contributed by atoms with van der Waals surface area (Å²) in [6.07, 6.45) is 2.90. The van der Waals surface area contributed by atoms with Gasteiger partial charge in [-0.3, -0.25) is 9.48 Å². The van der Waals surface area contributed by atoms with E-state index in [1.807, 2.05) is 17.9 Å². The molecule has 0 radical (unpaired) electrons. The predicted octanol–water partition coefficient (Wildman–Crippen LogP) is 3.61. The number of aryl methyl sites for hydroxylation is 2. The van der Waals surface area contributed by atoms with E-state index in [9.17, 15) is 9.18 Å². The molecule has 2 aromatic rings. The zero-order valence-corrected chi connectivity index (χ0v) is 14.8. The SMILES string of the molecule is Cc1cc(C)n([C@@H]2CCCN(C(=O)[C@@H]3C[C@H]3c3cccc(F)c3)C2)n1. The summed E-state index contributed by atoms with van der Waals surface area (Å²) in [4.78, 5) is 14.9. The second kappa shape index (κ2) is 6.28. The van der Waals surface area contributed by atoms with Gasteiger partial charge in [0, 0.05) is 24.7 Å². The molecule has 5 heteroatoms. The van der Waals surface area contributed by atoms with Crippen molar-refractivity contribution in [3.8, 4) is 0 Å². The van der Waals surface area contributed by atoms with Crippen LogP contribution in [-0.4, -0.2) is 33.7 Å². The third-order valence-electron chi connectivity index (χ3n) is 5.48. The number of piperidine rings is 1. The fraction of sp³-hybridized carbons (Fsp3) is 0.500. The van der Waals surface area contributed by atoms with Gasteiger partial charge in [0.05, 0.1) is 11.7 Å². The van der Waals surface area contributed by atoms with Crippen molar-refractivity contribution < 1.29 is 9.18 Å². The van der Waals surface area contributed by atoms with Crippen molar-refractivity contribution >= 4 is 5.91 Å². The van der Waals surface area contributed by atoms with Gasteiger partial charge >= 0.3 is 0 Å². The highest BCUT2D eigenvalue weighted by atomic mass is 19.1. The van der Waals surface area contributed by atoms with E-state index in [-0.39, 0.29) is 29.6 Å². The van der Waals surface area contributed by atoms with Gasteiger partial charge in [0.1, 0.15) is 5.82 Å². The molecule has 0 bridgehead atoms. The van der Waals surface area contributed by atoms with Gasteiger partial charge in [-0.1, -0.05) is 12.1 Å². The molecular weight excluding hydrogens is 317 g/mol. The molecule has 1 aromatic carbocycles. The smallest absolute Gasteiger partial charge is 0.226 e. The fourth-order valence-corrected chi connectivity index (χ4v) is 4.18. The second-order valence-corrected chi connectivity index (χ2v) is 7.46. The number of rotatable bonds is 3. The summed E-state index contributed by atoms with van der Waals surface area (Å²) in [6, 6.07) is 9.01. The van der Waals surface area contributed by atoms with Crippen molar-refractivity contribution in [2.24, 2.45) is 5.92 Å². The van der Waals surface area contributed by atoms with Crippen LogP contribution < -0.4 is 0 Å². The van der Waals surface area contributed by atoms with Gasteiger partial charge in [0.25, 0.3) is 0 Å². The van der Waals surface area contributed by atoms with Crippen LogP contribution in [0.15, 0.2) is 30.3 Å². The number of carbonyl (C=O) groups excluding carboxylic acids is 1. The average molecular weight is 341 g/mol. The monoisotopic (exact) mass is 341 g/mol. The number of hydrogen-bond donors (Lipinski definition) is 0. The maximum absolute atomic E-state index is 13.4. The lowest BCUT2D eigenvalue weighted by Gasteiger charge is -2.33. The van der Waals surface area contributed by atoms with Crippen LogP contribution in [0.2, 0.25) is 0 Å². The molecule has 0 spiro atoms. The van der Waals surface area contributed by atoms with E-state index in [2.05, 4.69) is 22.8 Å². The van der Waals surface area contributed by atoms with Crippen molar-refractivity contribution in [1.82, 2.24) is 14.7 Å². The first-order valence-electron chi connectivity index (χ1n) is 9.10. The Morgan fingerprint density at radius 1 is 1.28 bits per heavy atom. The van der Waals surface area contributed by atoms with E-state index in [1.54, 1.807) is 12.1 Å². The molecule has 0 unspecified atom stereocenters. The van der Waals surface area contributed by atoms with E-state index in [0.717, 1.165) is 49.3 Å². The molecule has 25 heavy (non-hydrogen) atoms. The van der Waals surface area contributed by atoms with Gasteiger partial charge in [-0.2, -0.15) is 5.10 Å². The lowest BCUT2D eigenvalue weighted by atomic mass is 10.0. The first-order chi connectivity index (χ1) is 12.0. The Hall–Kier alpha value is -2.17. The van der Waals surface area contributed by atoms with Gasteiger partial charge in [0.15, 0.2) is 0 Å². The third-order valence-corrected chi connectivity index (χ3v) is 5.48. The molecular formula is C20H24FN3O. The van der Waals surface area contributed by atoms with E-state index >= 15 is 0 Å². The topological polar surface area (TPSA) is 38.1 Å². The highest BCUT2D eigenvalue weighted by Crippen LogP contribution is 2.49. The van der Waals surface area contributed by atoms with Crippen LogP contribution in [0.4, 0.5) is 4.39 Å². The molecule has 1 amide bonds. The fourth-order valence-electron chi connectivity index (χ4n) is 4.18. The molecule has 0 N–H and O–H groups in total. The predicted molar refractivity (Wildman–Crippen MR) is 93.8 cm³/mol. The number of likely N-dealkylation sites (tertiary alicyclic amines) is 1. The summed E-state index contributed by atoms with van der Waals surface area (Å²) in [5.74, 6) is 0.192. The van der Waals surface area contributed by atoms with Gasteiger partial charge < -0.3 is 4.90 Å². The van der Waals surface area contributed by atoms with Crippen LogP contribution in [0.1, 0.15) is 48.2 Å². The highest BCUT2D eigenvalue weighted by molar-refractivity contribution is 5.83. The maximum atomic E-state index is 13.4. The van der Waals surface area contributed by atoms with Crippen LogP contribution in [0.3, 0.4) is 0 Å². The van der Waals surface area contributed by atoms with E-state index in [4.69, 9.17) is 0 Å². The largest absolute Gasteiger partial charge is 0.340 e. The Bertz CT molecular complexity index is 800. The quantitative estimate of drug-likeness (QED) is 0.855. The van der Waals surface area contributed by atoms with Gasteiger partial charge in [-0.15, -0.1) is 0 Å². The molecule has 2 fully saturated rings. The molecule has 1 aliphatic carbocycles. The van der Waals surface area contributed by atoms with Crippen molar-refractivity contribution in [2.75, 3.05) is 13.1 Å². The number of amides is 1. The molecule has 1 aliphatic heterocycles. The lowest BCUT2D eigenvalue weighted by molar-refractivity contribution is -0.134. The number of halogens is 1. The van der Waals surface area contributed by atoms with Crippen molar-refractivity contribution in [1.29, 1.82) is 0 Å². The zero-order valence-electron chi connectivity index (χ0n) is 14.8. The first kappa shape index (κ1) is 16.3. The molecule has 3 atom stereocenters. The van der Waals surface area contributed by atoms with Crippen molar-refractivity contribution in [3.63, 3.8) is 0 Å². The van der Waals surface area contributed by atoms with Crippen LogP contribution in [0.25, 0.3) is 0 Å². The van der Waals surface area contributed by atoms with Crippen LogP contribution >= 0.6 is 0 Å². The number of carbonyl (C=O) groups is 1. The zero-order chi connectivity index (χ0) is 17.6. The number of nitrogens with zero attached hydrogens (tertiary/aromatic N) is 3. The Balaban J connectivity index is 1.43. The Kier molecular flexibility index (Phi) is 4.10. The Morgan fingerprint density at radius 3 is 2.84 bits per heavy atom. The van der Waals surface area contributed by atoms with Gasteiger partial charge in [-0.25, -0.2) is 4.39 Å². The first-order valence-corrected chi connectivity index (χ1v) is 9.10. The Labute approximate surface area is 147 Å². The summed E-state index contributed by atoms with van der Waals surface area (Å²) in [6.45, 7) is 5.62. The summed E-state index contributed by atoms with van der Waals surface area (Å²) >= 11 is 0. The summed E-state index contributed by atoms with van der Waals surface area (Å²) in [7, 11) is 0. The number of benzene rings is 1. The minimum atomic E-state index is -0.224. The summed E-state index contributed by atoms with van der Waals surface area (Å²) in [5, 5.41) is 4.60.